The van der Waals surface area contributed by atoms with Gasteiger partial charge in [0.2, 0.25) is 0 Å². The van der Waals surface area contributed by atoms with E-state index in [1.807, 2.05) is 0 Å². The molecule has 0 saturated heterocycles. The molecule has 0 radical (unpaired) electrons. The van der Waals surface area contributed by atoms with Gasteiger partial charge in [-0.25, -0.2) is 0 Å². The lowest BCUT2D eigenvalue weighted by Gasteiger charge is -2.28. The fourth-order valence-electron chi connectivity index (χ4n) is 2.13. The van der Waals surface area contributed by atoms with Crippen LogP contribution in [-0.4, -0.2) is 25.0 Å². The van der Waals surface area contributed by atoms with Crippen molar-refractivity contribution in [2.24, 2.45) is 11.1 Å². The van der Waals surface area contributed by atoms with E-state index in [2.05, 4.69) is 63.9 Å². The van der Waals surface area contributed by atoms with Crippen LogP contribution in [0.25, 0.3) is 0 Å². The highest BCUT2D eigenvalue weighted by atomic mass is 15.1. The summed E-state index contributed by atoms with van der Waals surface area (Å²) in [7, 11) is 2.14. The fourth-order valence-corrected chi connectivity index (χ4v) is 2.13. The third kappa shape index (κ3) is 5.33. The second-order valence-corrected chi connectivity index (χ2v) is 6.27. The Morgan fingerprint density at radius 3 is 2.18 bits per heavy atom. The Bertz CT molecular complexity index is 335. The summed E-state index contributed by atoms with van der Waals surface area (Å²) in [5.41, 5.74) is 9.04. The van der Waals surface area contributed by atoms with Gasteiger partial charge in [0.15, 0.2) is 0 Å². The average molecular weight is 234 g/mol. The predicted molar refractivity (Wildman–Crippen MR) is 75.1 cm³/mol. The van der Waals surface area contributed by atoms with Crippen molar-refractivity contribution >= 4 is 0 Å². The molecule has 1 atom stereocenters. The Hall–Kier alpha value is -0.860. The first-order valence-electron chi connectivity index (χ1n) is 6.28. The van der Waals surface area contributed by atoms with Crippen molar-refractivity contribution < 1.29 is 0 Å². The van der Waals surface area contributed by atoms with Gasteiger partial charge in [0.1, 0.15) is 0 Å². The Labute approximate surface area is 106 Å². The Morgan fingerprint density at radius 1 is 1.18 bits per heavy atom. The zero-order valence-electron chi connectivity index (χ0n) is 11.8. The fraction of sp³-hybridized carbons (Fsp3) is 0.600. The van der Waals surface area contributed by atoms with Crippen LogP contribution < -0.4 is 5.73 Å². The quantitative estimate of drug-likeness (QED) is 0.868. The van der Waals surface area contributed by atoms with E-state index in [-0.39, 0.29) is 6.04 Å². The molecule has 1 aromatic rings. The summed E-state index contributed by atoms with van der Waals surface area (Å²) in [4.78, 5) is 2.31. The van der Waals surface area contributed by atoms with E-state index in [1.165, 1.54) is 11.1 Å². The number of aryl methyl sites for hydroxylation is 1. The number of nitrogens with zero attached hydrogens (tertiary/aromatic N) is 1. The third-order valence-corrected chi connectivity index (χ3v) is 2.76. The predicted octanol–water partition coefficient (Wildman–Crippen LogP) is 2.97. The third-order valence-electron chi connectivity index (χ3n) is 2.76. The lowest BCUT2D eigenvalue weighted by atomic mass is 9.96. The molecule has 2 nitrogen and oxygen atoms in total. The lowest BCUT2D eigenvalue weighted by molar-refractivity contribution is 0.217. The van der Waals surface area contributed by atoms with Crippen LogP contribution in [-0.2, 0) is 0 Å². The summed E-state index contributed by atoms with van der Waals surface area (Å²) in [6.45, 7) is 10.8. The molecule has 0 aliphatic carbocycles. The SMILES string of the molecule is Cc1ccc(C(N)CN(C)CC(C)(C)C)cc1. The lowest BCUT2D eigenvalue weighted by Crippen LogP contribution is -2.35. The minimum atomic E-state index is 0.1000. The van der Waals surface area contributed by atoms with Crippen molar-refractivity contribution in [1.82, 2.24) is 4.90 Å². The molecule has 1 rings (SSSR count). The Balaban J connectivity index is 2.54. The van der Waals surface area contributed by atoms with Gasteiger partial charge in [-0.05, 0) is 24.9 Å². The number of likely N-dealkylation sites (N-methyl/N-ethyl adjacent to an activating group) is 1. The van der Waals surface area contributed by atoms with Crippen molar-refractivity contribution in [1.29, 1.82) is 0 Å². The van der Waals surface area contributed by atoms with Crippen LogP contribution in [0.15, 0.2) is 24.3 Å². The van der Waals surface area contributed by atoms with Crippen LogP contribution in [0.4, 0.5) is 0 Å². The van der Waals surface area contributed by atoms with E-state index in [4.69, 9.17) is 5.73 Å². The van der Waals surface area contributed by atoms with Gasteiger partial charge in [0.25, 0.3) is 0 Å². The molecule has 0 aliphatic heterocycles. The normalized spacial score (nSPS) is 14.1. The molecule has 1 aromatic carbocycles. The molecule has 2 N–H and O–H groups in total. The van der Waals surface area contributed by atoms with Crippen LogP contribution in [0.3, 0.4) is 0 Å². The summed E-state index contributed by atoms with van der Waals surface area (Å²) in [5.74, 6) is 0. The van der Waals surface area contributed by atoms with Crippen LogP contribution in [0, 0.1) is 12.3 Å². The number of benzene rings is 1. The second kappa shape index (κ2) is 5.65. The maximum atomic E-state index is 6.22. The highest BCUT2D eigenvalue weighted by Gasteiger charge is 2.16. The molecular formula is C15H26N2. The standard InChI is InChI=1S/C15H26N2/c1-12-6-8-13(9-7-12)14(16)10-17(5)11-15(2,3)4/h6-9,14H,10-11,16H2,1-5H3. The Kier molecular flexibility index (Phi) is 4.72. The maximum absolute atomic E-state index is 6.22. The van der Waals surface area contributed by atoms with Crippen molar-refractivity contribution in [2.45, 2.75) is 33.7 Å². The first kappa shape index (κ1) is 14.2. The number of hydrogen-bond acceptors (Lipinski definition) is 2. The van der Waals surface area contributed by atoms with Gasteiger partial charge < -0.3 is 10.6 Å². The van der Waals surface area contributed by atoms with Gasteiger partial charge >= 0.3 is 0 Å². The van der Waals surface area contributed by atoms with Crippen molar-refractivity contribution in [3.05, 3.63) is 35.4 Å². The highest BCUT2D eigenvalue weighted by Crippen LogP contribution is 2.17. The maximum Gasteiger partial charge on any atom is 0.0424 e. The summed E-state index contributed by atoms with van der Waals surface area (Å²) in [6, 6.07) is 8.61. The topological polar surface area (TPSA) is 29.3 Å². The van der Waals surface area contributed by atoms with E-state index in [0.29, 0.717) is 5.41 Å². The molecule has 0 spiro atoms. The molecule has 0 aromatic heterocycles. The first-order chi connectivity index (χ1) is 7.78. The molecule has 0 aliphatic rings. The van der Waals surface area contributed by atoms with Gasteiger partial charge in [-0.15, -0.1) is 0 Å². The largest absolute Gasteiger partial charge is 0.323 e. The van der Waals surface area contributed by atoms with Crippen molar-refractivity contribution in [2.75, 3.05) is 20.1 Å². The van der Waals surface area contributed by atoms with Crippen molar-refractivity contribution in [3.63, 3.8) is 0 Å². The zero-order chi connectivity index (χ0) is 13.1. The molecule has 1 unspecified atom stereocenters. The van der Waals surface area contributed by atoms with Crippen LogP contribution in [0.2, 0.25) is 0 Å². The zero-order valence-corrected chi connectivity index (χ0v) is 11.8. The molecule has 0 saturated carbocycles. The number of nitrogens with two attached hydrogens (primary N) is 1. The van der Waals surface area contributed by atoms with Gasteiger partial charge in [0.05, 0.1) is 0 Å². The highest BCUT2D eigenvalue weighted by molar-refractivity contribution is 5.24. The minimum absolute atomic E-state index is 0.1000. The molecule has 96 valence electrons. The molecule has 0 bridgehead atoms. The average Bonchev–Trinajstić information content (AvgIpc) is 2.15. The van der Waals surface area contributed by atoms with Gasteiger partial charge in [0, 0.05) is 19.1 Å². The number of rotatable bonds is 4. The van der Waals surface area contributed by atoms with E-state index in [0.717, 1.165) is 13.1 Å². The van der Waals surface area contributed by atoms with Crippen LogP contribution in [0.5, 0.6) is 0 Å². The van der Waals surface area contributed by atoms with E-state index in [1.54, 1.807) is 0 Å². The monoisotopic (exact) mass is 234 g/mol. The van der Waals surface area contributed by atoms with E-state index in [9.17, 15) is 0 Å². The molecule has 17 heavy (non-hydrogen) atoms. The first-order valence-corrected chi connectivity index (χ1v) is 6.28. The van der Waals surface area contributed by atoms with Gasteiger partial charge in [-0.2, -0.15) is 0 Å². The van der Waals surface area contributed by atoms with E-state index >= 15 is 0 Å². The summed E-state index contributed by atoms with van der Waals surface area (Å²) in [6.07, 6.45) is 0. The minimum Gasteiger partial charge on any atom is -0.323 e. The summed E-state index contributed by atoms with van der Waals surface area (Å²) >= 11 is 0. The summed E-state index contributed by atoms with van der Waals surface area (Å²) < 4.78 is 0. The van der Waals surface area contributed by atoms with Crippen molar-refractivity contribution in [3.8, 4) is 0 Å². The molecule has 2 heteroatoms. The second-order valence-electron chi connectivity index (χ2n) is 6.27. The van der Waals surface area contributed by atoms with Crippen LogP contribution in [0.1, 0.15) is 37.9 Å². The molecule has 0 amide bonds. The smallest absolute Gasteiger partial charge is 0.0424 e. The van der Waals surface area contributed by atoms with Gasteiger partial charge in [-0.3, -0.25) is 0 Å². The Morgan fingerprint density at radius 2 is 1.71 bits per heavy atom. The molecule has 0 fully saturated rings. The summed E-state index contributed by atoms with van der Waals surface area (Å²) in [5, 5.41) is 0. The van der Waals surface area contributed by atoms with Gasteiger partial charge in [-0.1, -0.05) is 50.6 Å². The van der Waals surface area contributed by atoms with Crippen LogP contribution >= 0.6 is 0 Å². The molecule has 0 heterocycles. The van der Waals surface area contributed by atoms with E-state index < -0.39 is 0 Å². The molecular weight excluding hydrogens is 208 g/mol. The number of hydrogen-bond donors (Lipinski definition) is 1.